The van der Waals surface area contributed by atoms with Crippen LogP contribution in [0.3, 0.4) is 0 Å². The number of nitrogens with two attached hydrogens (primary N) is 1. The molecule has 1 fully saturated rings. The molecule has 22 heavy (non-hydrogen) atoms. The van der Waals surface area contributed by atoms with Gasteiger partial charge < -0.3 is 10.6 Å². The standard InChI is InChI=1S/C15H20F3N3.HI/c1-11-5-7-21(8-6-11)14(19)20-10-12-3-2-4-13(9-12)15(16,17)18;/h2-4,9,11H,5-8,10H2,1H3,(H2,19,20);1H. The molecule has 3 nitrogen and oxygen atoms in total. The van der Waals surface area contributed by atoms with Gasteiger partial charge in [-0.25, -0.2) is 4.99 Å². The van der Waals surface area contributed by atoms with Crippen LogP contribution in [0.15, 0.2) is 29.3 Å². The van der Waals surface area contributed by atoms with E-state index in [0.717, 1.165) is 38.1 Å². The maximum absolute atomic E-state index is 12.6. The lowest BCUT2D eigenvalue weighted by molar-refractivity contribution is -0.137. The van der Waals surface area contributed by atoms with Crippen LogP contribution < -0.4 is 5.73 Å². The maximum Gasteiger partial charge on any atom is 0.416 e. The summed E-state index contributed by atoms with van der Waals surface area (Å²) in [6, 6.07) is 5.20. The van der Waals surface area contributed by atoms with Gasteiger partial charge in [-0.15, -0.1) is 24.0 Å². The highest BCUT2D eigenvalue weighted by molar-refractivity contribution is 14.0. The van der Waals surface area contributed by atoms with Gasteiger partial charge in [-0.1, -0.05) is 19.1 Å². The molecule has 1 aliphatic rings. The zero-order valence-corrected chi connectivity index (χ0v) is 14.8. The minimum atomic E-state index is -4.33. The van der Waals surface area contributed by atoms with Gasteiger partial charge >= 0.3 is 6.18 Å². The molecule has 7 heteroatoms. The van der Waals surface area contributed by atoms with E-state index < -0.39 is 11.7 Å². The first-order chi connectivity index (χ1) is 9.86. The Bertz CT molecular complexity index is 509. The fraction of sp³-hybridized carbons (Fsp3) is 0.533. The van der Waals surface area contributed by atoms with E-state index in [-0.39, 0.29) is 30.5 Å². The Hall–Kier alpha value is -0.990. The number of hydrogen-bond donors (Lipinski definition) is 1. The number of hydrogen-bond acceptors (Lipinski definition) is 1. The lowest BCUT2D eigenvalue weighted by atomic mass is 10.00. The molecule has 0 spiro atoms. The van der Waals surface area contributed by atoms with E-state index >= 15 is 0 Å². The lowest BCUT2D eigenvalue weighted by Gasteiger charge is -2.31. The highest BCUT2D eigenvalue weighted by Gasteiger charge is 2.30. The number of nitrogens with zero attached hydrogens (tertiary/aromatic N) is 2. The van der Waals surface area contributed by atoms with E-state index in [1.807, 2.05) is 4.90 Å². The third-order valence-electron chi connectivity index (χ3n) is 3.79. The van der Waals surface area contributed by atoms with Crippen LogP contribution in [0.1, 0.15) is 30.9 Å². The van der Waals surface area contributed by atoms with E-state index in [9.17, 15) is 13.2 Å². The molecule has 0 bridgehead atoms. The minimum absolute atomic E-state index is 0. The number of halogens is 4. The van der Waals surface area contributed by atoms with E-state index in [2.05, 4.69) is 11.9 Å². The lowest BCUT2D eigenvalue weighted by Crippen LogP contribution is -2.42. The van der Waals surface area contributed by atoms with E-state index in [1.165, 1.54) is 6.07 Å². The van der Waals surface area contributed by atoms with Crippen molar-refractivity contribution in [3.63, 3.8) is 0 Å². The summed E-state index contributed by atoms with van der Waals surface area (Å²) >= 11 is 0. The fourth-order valence-electron chi connectivity index (χ4n) is 2.36. The molecule has 0 saturated carbocycles. The second kappa shape index (κ2) is 8.03. The Labute approximate surface area is 145 Å². The number of benzene rings is 1. The molecule has 1 aliphatic heterocycles. The van der Waals surface area contributed by atoms with Crippen LogP contribution in [-0.4, -0.2) is 23.9 Å². The van der Waals surface area contributed by atoms with Gasteiger partial charge in [0, 0.05) is 13.1 Å². The number of piperidine rings is 1. The second-order valence-corrected chi connectivity index (χ2v) is 5.54. The van der Waals surface area contributed by atoms with Gasteiger partial charge in [0.2, 0.25) is 0 Å². The molecule has 1 aromatic carbocycles. The average Bonchev–Trinajstić information content (AvgIpc) is 2.45. The van der Waals surface area contributed by atoms with E-state index in [0.29, 0.717) is 17.4 Å². The largest absolute Gasteiger partial charge is 0.416 e. The van der Waals surface area contributed by atoms with Crippen LogP contribution in [0.25, 0.3) is 0 Å². The van der Waals surface area contributed by atoms with Crippen LogP contribution in [0.2, 0.25) is 0 Å². The first-order valence-electron chi connectivity index (χ1n) is 7.07. The Morgan fingerprint density at radius 2 is 1.95 bits per heavy atom. The number of likely N-dealkylation sites (tertiary alicyclic amines) is 1. The number of guanidine groups is 1. The SMILES string of the molecule is CC1CCN(C(N)=NCc2cccc(C(F)(F)F)c2)CC1.I. The van der Waals surface area contributed by atoms with Crippen molar-refractivity contribution in [2.24, 2.45) is 16.6 Å². The van der Waals surface area contributed by atoms with Crippen molar-refractivity contribution >= 4 is 29.9 Å². The summed E-state index contributed by atoms with van der Waals surface area (Å²) in [6.07, 6.45) is -2.19. The van der Waals surface area contributed by atoms with Gasteiger partial charge in [0.05, 0.1) is 12.1 Å². The van der Waals surface area contributed by atoms with Crippen molar-refractivity contribution in [2.45, 2.75) is 32.5 Å². The summed E-state index contributed by atoms with van der Waals surface area (Å²) in [7, 11) is 0. The summed E-state index contributed by atoms with van der Waals surface area (Å²) in [6.45, 7) is 4.09. The summed E-state index contributed by atoms with van der Waals surface area (Å²) in [5.41, 5.74) is 5.78. The van der Waals surface area contributed by atoms with Crippen LogP contribution in [0.5, 0.6) is 0 Å². The second-order valence-electron chi connectivity index (χ2n) is 5.54. The molecular formula is C15H21F3IN3. The van der Waals surface area contributed by atoms with Crippen LogP contribution >= 0.6 is 24.0 Å². The molecule has 0 atom stereocenters. The minimum Gasteiger partial charge on any atom is -0.370 e. The highest BCUT2D eigenvalue weighted by atomic mass is 127. The Balaban J connectivity index is 0.00000242. The van der Waals surface area contributed by atoms with Gasteiger partial charge in [-0.05, 0) is 36.5 Å². The summed E-state index contributed by atoms with van der Waals surface area (Å²) < 4.78 is 37.9. The molecule has 1 saturated heterocycles. The van der Waals surface area contributed by atoms with E-state index in [4.69, 9.17) is 5.73 Å². The van der Waals surface area contributed by atoms with Gasteiger partial charge in [0.15, 0.2) is 5.96 Å². The van der Waals surface area contributed by atoms with E-state index in [1.54, 1.807) is 6.07 Å². The highest BCUT2D eigenvalue weighted by Crippen LogP contribution is 2.29. The van der Waals surface area contributed by atoms with Gasteiger partial charge in [0.25, 0.3) is 0 Å². The average molecular weight is 427 g/mol. The molecule has 1 heterocycles. The molecule has 2 N–H and O–H groups in total. The topological polar surface area (TPSA) is 41.6 Å². The Kier molecular flexibility index (Phi) is 6.96. The van der Waals surface area contributed by atoms with Gasteiger partial charge in [-0.2, -0.15) is 13.2 Å². The third kappa shape index (κ3) is 5.33. The molecule has 124 valence electrons. The molecule has 2 rings (SSSR count). The Morgan fingerprint density at radius 1 is 1.32 bits per heavy atom. The molecule has 0 aromatic heterocycles. The third-order valence-corrected chi connectivity index (χ3v) is 3.79. The normalized spacial score (nSPS) is 17.3. The molecule has 0 radical (unpaired) electrons. The zero-order valence-electron chi connectivity index (χ0n) is 12.4. The van der Waals surface area contributed by atoms with Crippen molar-refractivity contribution in [1.82, 2.24) is 4.90 Å². The van der Waals surface area contributed by atoms with Crippen molar-refractivity contribution in [3.8, 4) is 0 Å². The predicted molar refractivity (Wildman–Crippen MR) is 92.2 cm³/mol. The summed E-state index contributed by atoms with van der Waals surface area (Å²) in [5.74, 6) is 1.11. The molecule has 0 amide bonds. The molecule has 0 unspecified atom stereocenters. The number of rotatable bonds is 2. The maximum atomic E-state index is 12.6. The zero-order chi connectivity index (χ0) is 15.5. The van der Waals surface area contributed by atoms with Gasteiger partial charge in [0.1, 0.15) is 0 Å². The first kappa shape index (κ1) is 19.1. The smallest absolute Gasteiger partial charge is 0.370 e. The predicted octanol–water partition coefficient (Wildman–Crippen LogP) is 3.87. The van der Waals surface area contributed by atoms with Gasteiger partial charge in [-0.3, -0.25) is 0 Å². The first-order valence-corrected chi connectivity index (χ1v) is 7.07. The number of alkyl halides is 3. The van der Waals surface area contributed by atoms with Crippen molar-refractivity contribution in [2.75, 3.05) is 13.1 Å². The monoisotopic (exact) mass is 427 g/mol. The van der Waals surface area contributed by atoms with Crippen LogP contribution in [-0.2, 0) is 12.7 Å². The quantitative estimate of drug-likeness (QED) is 0.443. The Morgan fingerprint density at radius 3 is 2.55 bits per heavy atom. The molecular weight excluding hydrogens is 406 g/mol. The van der Waals surface area contributed by atoms with Crippen LogP contribution in [0, 0.1) is 5.92 Å². The summed E-state index contributed by atoms with van der Waals surface area (Å²) in [4.78, 5) is 6.21. The fourth-order valence-corrected chi connectivity index (χ4v) is 2.36. The van der Waals surface area contributed by atoms with Crippen molar-refractivity contribution in [1.29, 1.82) is 0 Å². The van der Waals surface area contributed by atoms with Crippen molar-refractivity contribution < 1.29 is 13.2 Å². The summed E-state index contributed by atoms with van der Waals surface area (Å²) in [5, 5.41) is 0. The van der Waals surface area contributed by atoms with Crippen LogP contribution in [0.4, 0.5) is 13.2 Å². The number of aliphatic imine (C=N–C) groups is 1. The van der Waals surface area contributed by atoms with Crippen molar-refractivity contribution in [3.05, 3.63) is 35.4 Å². The molecule has 1 aromatic rings. The molecule has 0 aliphatic carbocycles.